The average Bonchev–Trinajstić information content (AvgIpc) is 2.88. The Balaban J connectivity index is 0.000000783. The Morgan fingerprint density at radius 2 is 1.89 bits per heavy atom. The summed E-state index contributed by atoms with van der Waals surface area (Å²) in [6.45, 7) is 14.2. The van der Waals surface area contributed by atoms with E-state index < -0.39 is 18.2 Å². The highest BCUT2D eigenvalue weighted by atomic mass is 16.7. The van der Waals surface area contributed by atoms with Crippen LogP contribution in [-0.2, 0) is 30.4 Å². The maximum atomic E-state index is 12.5. The molecule has 0 radical (unpaired) electrons. The number of pyridine rings is 1. The minimum atomic E-state index is -0.763. The molecule has 2 saturated heterocycles. The second-order valence-corrected chi connectivity index (χ2v) is 8.26. The SMILES string of the molecule is CC.CC.CC(C)CC1ON(C=O)C2CN(CCC(N)=O)C(=O)CN2C1=O.CCCc1ccccn1. The van der Waals surface area contributed by atoms with Gasteiger partial charge in [0.05, 0.1) is 6.54 Å². The first-order valence-corrected chi connectivity index (χ1v) is 12.9. The summed E-state index contributed by atoms with van der Waals surface area (Å²) < 4.78 is 0. The van der Waals surface area contributed by atoms with Gasteiger partial charge in [0.2, 0.25) is 18.2 Å². The van der Waals surface area contributed by atoms with E-state index in [1.807, 2.05) is 59.9 Å². The highest BCUT2D eigenvalue weighted by molar-refractivity contribution is 5.89. The minimum absolute atomic E-state index is 0.0321. The van der Waals surface area contributed by atoms with Gasteiger partial charge in [-0.3, -0.25) is 29.0 Å². The standard InChI is InChI=1S/C14H22N4O5.C8H11N.2C2H6/c1-9(2)5-10-14(22)17-7-13(21)16(4-3-11(15)20)6-12(17)18(8-19)23-10;1-2-5-8-6-3-4-7-9-8;2*1-2/h8-10,12H,3-7H2,1-2H3,(H2,15,20);3-4,6-7H,2,5H2,1H3;2*1-2H3. The lowest BCUT2D eigenvalue weighted by Gasteiger charge is -2.48. The Labute approximate surface area is 216 Å². The van der Waals surface area contributed by atoms with Crippen molar-refractivity contribution in [3.8, 4) is 0 Å². The summed E-state index contributed by atoms with van der Waals surface area (Å²) in [5.41, 5.74) is 6.29. The number of nitrogens with zero attached hydrogens (tertiary/aromatic N) is 4. The molecule has 3 heterocycles. The summed E-state index contributed by atoms with van der Waals surface area (Å²) in [6, 6.07) is 6.03. The van der Waals surface area contributed by atoms with Gasteiger partial charge in [0, 0.05) is 24.9 Å². The summed E-state index contributed by atoms with van der Waals surface area (Å²) >= 11 is 0. The Hall–Kier alpha value is -3.01. The number of aromatic nitrogens is 1. The number of nitrogens with two attached hydrogens (primary N) is 1. The van der Waals surface area contributed by atoms with Crippen molar-refractivity contribution >= 4 is 24.1 Å². The van der Waals surface area contributed by atoms with Crippen molar-refractivity contribution in [1.29, 1.82) is 0 Å². The molecule has 2 unspecified atom stereocenters. The molecular weight excluding hydrogens is 462 g/mol. The lowest BCUT2D eigenvalue weighted by Crippen LogP contribution is -2.69. The van der Waals surface area contributed by atoms with Crippen molar-refractivity contribution in [3.05, 3.63) is 30.1 Å². The topological polar surface area (TPSA) is 126 Å². The molecular formula is C26H45N5O5. The van der Waals surface area contributed by atoms with E-state index in [1.165, 1.54) is 21.9 Å². The van der Waals surface area contributed by atoms with Crippen molar-refractivity contribution < 1.29 is 24.0 Å². The van der Waals surface area contributed by atoms with E-state index in [2.05, 4.69) is 18.0 Å². The van der Waals surface area contributed by atoms with E-state index in [9.17, 15) is 19.2 Å². The van der Waals surface area contributed by atoms with E-state index >= 15 is 0 Å². The second kappa shape index (κ2) is 18.3. The number of rotatable bonds is 8. The summed E-state index contributed by atoms with van der Waals surface area (Å²) in [6.07, 6.45) is 3.69. The van der Waals surface area contributed by atoms with Gasteiger partial charge in [0.15, 0.2) is 12.3 Å². The molecule has 0 aromatic carbocycles. The third kappa shape index (κ3) is 10.7. The molecule has 2 aliphatic rings. The molecule has 0 spiro atoms. The van der Waals surface area contributed by atoms with Gasteiger partial charge in [0.1, 0.15) is 6.54 Å². The quantitative estimate of drug-likeness (QED) is 0.539. The summed E-state index contributed by atoms with van der Waals surface area (Å²) in [4.78, 5) is 59.3. The number of aryl methyl sites for hydroxylation is 1. The molecule has 0 aliphatic carbocycles. The molecule has 10 nitrogen and oxygen atoms in total. The van der Waals surface area contributed by atoms with Crippen LogP contribution >= 0.6 is 0 Å². The second-order valence-electron chi connectivity index (χ2n) is 8.26. The van der Waals surface area contributed by atoms with Gasteiger partial charge in [-0.05, 0) is 30.9 Å². The van der Waals surface area contributed by atoms with Crippen LogP contribution in [0.3, 0.4) is 0 Å². The van der Waals surface area contributed by atoms with Gasteiger partial charge in [0.25, 0.3) is 5.91 Å². The zero-order valence-corrected chi connectivity index (χ0v) is 23.0. The number of primary amides is 1. The Morgan fingerprint density at radius 3 is 2.39 bits per heavy atom. The lowest BCUT2D eigenvalue weighted by atomic mass is 10.0. The molecule has 1 aromatic heterocycles. The highest BCUT2D eigenvalue weighted by Gasteiger charge is 2.46. The van der Waals surface area contributed by atoms with Crippen LogP contribution in [0.4, 0.5) is 0 Å². The van der Waals surface area contributed by atoms with Gasteiger partial charge in [-0.25, -0.2) is 0 Å². The number of piperazine rings is 1. The zero-order chi connectivity index (χ0) is 27.7. The van der Waals surface area contributed by atoms with Gasteiger partial charge < -0.3 is 15.5 Å². The number of carbonyl (C=O) groups excluding carboxylic acids is 4. The van der Waals surface area contributed by atoms with Crippen LogP contribution in [0.15, 0.2) is 24.4 Å². The monoisotopic (exact) mass is 507 g/mol. The van der Waals surface area contributed by atoms with Crippen LogP contribution in [0.5, 0.6) is 0 Å². The molecule has 2 atom stereocenters. The van der Waals surface area contributed by atoms with E-state index in [0.717, 1.165) is 11.5 Å². The van der Waals surface area contributed by atoms with Crippen molar-refractivity contribution in [2.24, 2.45) is 11.7 Å². The number of carbonyl (C=O) groups is 4. The van der Waals surface area contributed by atoms with Gasteiger partial charge >= 0.3 is 0 Å². The fourth-order valence-electron chi connectivity index (χ4n) is 3.57. The van der Waals surface area contributed by atoms with Gasteiger partial charge in [-0.15, -0.1) is 0 Å². The van der Waals surface area contributed by atoms with Crippen LogP contribution in [-0.4, -0.2) is 75.9 Å². The van der Waals surface area contributed by atoms with Crippen molar-refractivity contribution in [2.45, 2.75) is 86.4 Å². The number of amides is 4. The number of fused-ring (bicyclic) bond motifs is 1. The fraction of sp³-hybridized carbons (Fsp3) is 0.654. The minimum Gasteiger partial charge on any atom is -0.370 e. The lowest BCUT2D eigenvalue weighted by molar-refractivity contribution is -0.264. The van der Waals surface area contributed by atoms with Gasteiger partial charge in [-0.1, -0.05) is 61.0 Å². The number of hydroxylamine groups is 2. The molecule has 3 rings (SSSR count). The Kier molecular flexibility index (Phi) is 16.8. The molecule has 10 heteroatoms. The third-order valence-corrected chi connectivity index (χ3v) is 5.15. The molecule has 4 amide bonds. The maximum absolute atomic E-state index is 12.5. The molecule has 2 N–H and O–H groups in total. The molecule has 2 aliphatic heterocycles. The van der Waals surface area contributed by atoms with E-state index in [0.29, 0.717) is 12.8 Å². The average molecular weight is 508 g/mol. The normalized spacial score (nSPS) is 18.6. The van der Waals surface area contributed by atoms with E-state index in [4.69, 9.17) is 10.6 Å². The van der Waals surface area contributed by atoms with Crippen LogP contribution in [0.25, 0.3) is 0 Å². The number of hydrogen-bond acceptors (Lipinski definition) is 6. The van der Waals surface area contributed by atoms with E-state index in [-0.39, 0.29) is 43.8 Å². The van der Waals surface area contributed by atoms with Crippen LogP contribution in [0, 0.1) is 5.92 Å². The number of hydrogen-bond donors (Lipinski definition) is 1. The Bertz CT molecular complexity index is 790. The first kappa shape index (κ1) is 33.0. The fourth-order valence-corrected chi connectivity index (χ4v) is 3.57. The van der Waals surface area contributed by atoms with Crippen LogP contribution in [0.2, 0.25) is 0 Å². The summed E-state index contributed by atoms with van der Waals surface area (Å²) in [5, 5.41) is 1.08. The van der Waals surface area contributed by atoms with Crippen molar-refractivity contribution in [1.82, 2.24) is 19.8 Å². The Morgan fingerprint density at radius 1 is 1.22 bits per heavy atom. The molecule has 2 fully saturated rings. The largest absolute Gasteiger partial charge is 0.370 e. The smallest absolute Gasteiger partial charge is 0.256 e. The van der Waals surface area contributed by atoms with Crippen molar-refractivity contribution in [3.63, 3.8) is 0 Å². The van der Waals surface area contributed by atoms with Gasteiger partial charge in [-0.2, -0.15) is 5.06 Å². The predicted octanol–water partition coefficient (Wildman–Crippen LogP) is 2.76. The molecule has 0 saturated carbocycles. The molecule has 1 aromatic rings. The zero-order valence-electron chi connectivity index (χ0n) is 23.0. The van der Waals surface area contributed by atoms with Crippen LogP contribution < -0.4 is 5.73 Å². The molecule has 0 bridgehead atoms. The maximum Gasteiger partial charge on any atom is 0.256 e. The van der Waals surface area contributed by atoms with E-state index in [1.54, 1.807) is 0 Å². The highest BCUT2D eigenvalue weighted by Crippen LogP contribution is 2.25. The summed E-state index contributed by atoms with van der Waals surface area (Å²) in [7, 11) is 0. The summed E-state index contributed by atoms with van der Waals surface area (Å²) in [5.74, 6) is -0.862. The third-order valence-electron chi connectivity index (χ3n) is 5.15. The first-order chi connectivity index (χ1) is 17.3. The van der Waals surface area contributed by atoms with Crippen molar-refractivity contribution in [2.75, 3.05) is 19.6 Å². The van der Waals surface area contributed by atoms with Crippen LogP contribution in [0.1, 0.15) is 73.4 Å². The molecule has 36 heavy (non-hydrogen) atoms. The first-order valence-electron chi connectivity index (χ1n) is 12.9. The predicted molar refractivity (Wildman–Crippen MR) is 139 cm³/mol. The molecule has 204 valence electrons.